The van der Waals surface area contributed by atoms with Gasteiger partial charge < -0.3 is 9.47 Å². The van der Waals surface area contributed by atoms with Crippen LogP contribution in [0.25, 0.3) is 0 Å². The van der Waals surface area contributed by atoms with Crippen molar-refractivity contribution in [1.29, 1.82) is 0 Å². The molecule has 0 saturated heterocycles. The van der Waals surface area contributed by atoms with Crippen molar-refractivity contribution in [2.45, 2.75) is 42.9 Å². The van der Waals surface area contributed by atoms with Crippen molar-refractivity contribution in [3.05, 3.63) is 101 Å². The molecule has 0 heterocycles. The lowest BCUT2D eigenvalue weighted by Crippen LogP contribution is -2.47. The van der Waals surface area contributed by atoms with Crippen molar-refractivity contribution < 1.29 is 58.2 Å². The van der Waals surface area contributed by atoms with Gasteiger partial charge in [0.1, 0.15) is 29.5 Å². The molecule has 0 saturated carbocycles. The summed E-state index contributed by atoms with van der Waals surface area (Å²) < 4.78 is 145. The van der Waals surface area contributed by atoms with E-state index in [1.165, 1.54) is 24.3 Å². The summed E-state index contributed by atoms with van der Waals surface area (Å²) in [5.41, 5.74) is -1.07. The molecule has 3 atom stereocenters. The van der Waals surface area contributed by atoms with Crippen molar-refractivity contribution in [1.82, 2.24) is 5.32 Å². The van der Waals surface area contributed by atoms with Crippen LogP contribution < -0.4 is 10.1 Å². The highest BCUT2D eigenvalue weighted by molar-refractivity contribution is 7.98. The fraction of sp³-hybridized carbons (Fsp3) is 0.296. The third-order valence-electron chi connectivity index (χ3n) is 5.62. The van der Waals surface area contributed by atoms with Crippen LogP contribution in [0, 0.1) is 11.6 Å². The second-order valence-electron chi connectivity index (χ2n) is 8.66. The number of alkyl halides is 8. The highest BCUT2D eigenvalue weighted by Gasteiger charge is 2.47. The minimum absolute atomic E-state index is 0.167. The van der Waals surface area contributed by atoms with Gasteiger partial charge in [0.15, 0.2) is 0 Å². The van der Waals surface area contributed by atoms with Crippen molar-refractivity contribution in [2.75, 3.05) is 5.75 Å². The Kier molecular flexibility index (Phi) is 11.1. The van der Waals surface area contributed by atoms with E-state index in [4.69, 9.17) is 0 Å². The number of halogens is 10. The Morgan fingerprint density at radius 1 is 0.786 bits per heavy atom. The molecular weight excluding hydrogens is 608 g/mol. The lowest BCUT2D eigenvalue weighted by molar-refractivity contribution is -0.225. The van der Waals surface area contributed by atoms with Gasteiger partial charge in [-0.1, -0.05) is 42.5 Å². The number of carbonyl (C=O) groups excluding carboxylic acids is 1. The summed E-state index contributed by atoms with van der Waals surface area (Å²) in [5, 5.41) is 1.96. The average Bonchev–Trinajstić information content (AvgIpc) is 2.89. The first-order chi connectivity index (χ1) is 19.6. The molecule has 0 unspecified atom stereocenters. The first kappa shape index (κ1) is 33.0. The number of hydrogen-bond donors (Lipinski definition) is 1. The maximum absolute atomic E-state index is 14.0. The number of benzene rings is 3. The van der Waals surface area contributed by atoms with Crippen LogP contribution in [-0.2, 0) is 15.3 Å². The monoisotopic (exact) mass is 629 g/mol. The van der Waals surface area contributed by atoms with Gasteiger partial charge in [0.2, 0.25) is 6.10 Å². The van der Waals surface area contributed by atoms with Gasteiger partial charge in [-0.05, 0) is 35.9 Å². The molecule has 1 N–H and O–H groups in total. The Balaban J connectivity index is 1.90. The maximum atomic E-state index is 14.0. The van der Waals surface area contributed by atoms with Gasteiger partial charge in [-0.15, -0.1) is 0 Å². The van der Waals surface area contributed by atoms with E-state index in [-0.39, 0.29) is 17.1 Å². The Bertz CT molecular complexity index is 1300. The molecule has 228 valence electrons. The molecule has 3 aromatic rings. The van der Waals surface area contributed by atoms with Crippen LogP contribution in [0.5, 0.6) is 5.75 Å². The van der Waals surface area contributed by atoms with E-state index >= 15 is 0 Å². The van der Waals surface area contributed by atoms with Crippen LogP contribution in [0.4, 0.5) is 43.9 Å². The lowest BCUT2D eigenvalue weighted by Gasteiger charge is -2.29. The van der Waals surface area contributed by atoms with Gasteiger partial charge in [-0.25, -0.2) is 8.78 Å². The van der Waals surface area contributed by atoms with E-state index in [0.717, 1.165) is 36.0 Å². The normalized spacial score (nSPS) is 14.4. The van der Waals surface area contributed by atoms with E-state index in [1.54, 1.807) is 0 Å². The van der Waals surface area contributed by atoms with Crippen LogP contribution in [0.15, 0.2) is 72.8 Å². The first-order valence-corrected chi connectivity index (χ1v) is 13.0. The SMILES string of the molecule is O=C(O[C@H](c1ccc(F)cc1)C(F)(F)F)[C@H](CSCc1ccccc1OC(F)F)N[C@@H](c1ccc(F)cc1)C(F)(F)F. The average molecular weight is 630 g/mol. The molecule has 0 spiro atoms. The Morgan fingerprint density at radius 3 is 1.86 bits per heavy atom. The van der Waals surface area contributed by atoms with Crippen molar-refractivity contribution in [3.63, 3.8) is 0 Å². The number of nitrogens with one attached hydrogen (secondary N) is 1. The second kappa shape index (κ2) is 14.1. The highest BCUT2D eigenvalue weighted by Crippen LogP contribution is 2.38. The van der Waals surface area contributed by atoms with Crippen LogP contribution in [0.3, 0.4) is 0 Å². The third-order valence-corrected chi connectivity index (χ3v) is 6.70. The van der Waals surface area contributed by atoms with Gasteiger partial charge in [0, 0.05) is 22.6 Å². The molecule has 0 aliphatic rings. The number of hydrogen-bond acceptors (Lipinski definition) is 5. The van der Waals surface area contributed by atoms with Crippen LogP contribution in [-0.4, -0.2) is 36.7 Å². The molecule has 42 heavy (non-hydrogen) atoms. The fourth-order valence-corrected chi connectivity index (χ4v) is 4.75. The summed E-state index contributed by atoms with van der Waals surface area (Å²) in [5.74, 6) is -4.54. The third kappa shape index (κ3) is 9.54. The van der Waals surface area contributed by atoms with Gasteiger partial charge in [-0.2, -0.15) is 46.9 Å². The second-order valence-corrected chi connectivity index (χ2v) is 9.69. The van der Waals surface area contributed by atoms with E-state index in [9.17, 15) is 48.7 Å². The van der Waals surface area contributed by atoms with E-state index < -0.39 is 71.6 Å². The minimum atomic E-state index is -5.23. The molecule has 4 nitrogen and oxygen atoms in total. The summed E-state index contributed by atoms with van der Waals surface area (Å²) in [6, 6.07) is 6.54. The smallest absolute Gasteiger partial charge is 0.429 e. The van der Waals surface area contributed by atoms with Crippen molar-refractivity contribution in [3.8, 4) is 5.75 Å². The summed E-state index contributed by atoms with van der Waals surface area (Å²) in [4.78, 5) is 13.0. The van der Waals surface area contributed by atoms with Gasteiger partial charge in [-0.3, -0.25) is 10.1 Å². The van der Waals surface area contributed by atoms with E-state index in [2.05, 4.69) is 9.47 Å². The highest BCUT2D eigenvalue weighted by atomic mass is 32.2. The molecule has 0 aliphatic carbocycles. The molecular formula is C27H21F10NO3S. The summed E-state index contributed by atoms with van der Waals surface area (Å²) in [7, 11) is 0. The fourth-order valence-electron chi connectivity index (χ4n) is 3.70. The standard InChI is InChI=1S/C27H21F10NO3S/c28-18-9-5-15(6-10-18)22(26(32,33)34)38-20(14-42-13-17-3-1-2-4-21(17)40-25(30)31)24(39)41-23(27(35,36)37)16-7-11-19(29)12-8-16/h1-12,20,22-23,25,38H,13-14H2/t20-,22-,23+/m0/s1. The number of carbonyl (C=O) groups is 1. The van der Waals surface area contributed by atoms with Gasteiger partial charge >= 0.3 is 24.9 Å². The first-order valence-electron chi connectivity index (χ1n) is 11.9. The molecule has 15 heteroatoms. The van der Waals surface area contributed by atoms with Crippen molar-refractivity contribution in [2.24, 2.45) is 0 Å². The molecule has 3 rings (SSSR count). The number of ether oxygens (including phenoxy) is 2. The zero-order valence-electron chi connectivity index (χ0n) is 21.1. The quantitative estimate of drug-likeness (QED) is 0.163. The number of esters is 1. The number of rotatable bonds is 12. The lowest BCUT2D eigenvalue weighted by atomic mass is 10.1. The molecule has 0 bridgehead atoms. The number of thioether (sulfide) groups is 1. The number of para-hydroxylation sites is 1. The predicted octanol–water partition coefficient (Wildman–Crippen LogP) is 7.91. The van der Waals surface area contributed by atoms with Gasteiger partial charge in [0.05, 0.1) is 0 Å². The molecule has 0 amide bonds. The molecule has 0 aliphatic heterocycles. The maximum Gasteiger partial charge on any atom is 0.429 e. The van der Waals surface area contributed by atoms with E-state index in [1.807, 2.05) is 5.32 Å². The summed E-state index contributed by atoms with van der Waals surface area (Å²) >= 11 is 0.720. The zero-order chi connectivity index (χ0) is 31.1. The topological polar surface area (TPSA) is 47.6 Å². The zero-order valence-corrected chi connectivity index (χ0v) is 21.9. The Hall–Kier alpha value is -3.46. The van der Waals surface area contributed by atoms with Crippen LogP contribution in [0.1, 0.15) is 28.8 Å². The molecule has 0 radical (unpaired) electrons. The summed E-state index contributed by atoms with van der Waals surface area (Å²) in [6.45, 7) is -3.19. The molecule has 0 fully saturated rings. The Labute approximate surface area is 237 Å². The van der Waals surface area contributed by atoms with Crippen LogP contribution in [0.2, 0.25) is 0 Å². The largest absolute Gasteiger partial charge is 0.447 e. The minimum Gasteiger partial charge on any atom is -0.447 e. The molecule has 0 aromatic heterocycles. The Morgan fingerprint density at radius 2 is 1.33 bits per heavy atom. The van der Waals surface area contributed by atoms with Gasteiger partial charge in [0.25, 0.3) is 0 Å². The predicted molar refractivity (Wildman–Crippen MR) is 133 cm³/mol. The molecule has 3 aromatic carbocycles. The van der Waals surface area contributed by atoms with Crippen LogP contribution >= 0.6 is 11.8 Å². The van der Waals surface area contributed by atoms with Crippen molar-refractivity contribution >= 4 is 17.7 Å². The van der Waals surface area contributed by atoms with E-state index in [0.29, 0.717) is 24.3 Å². The summed E-state index contributed by atoms with van der Waals surface area (Å²) in [6.07, 6.45) is -13.3.